The van der Waals surface area contributed by atoms with Gasteiger partial charge in [-0.15, -0.1) is 0 Å². The summed E-state index contributed by atoms with van der Waals surface area (Å²) in [5.41, 5.74) is 4.95. The quantitative estimate of drug-likeness (QED) is 0.472. The van der Waals surface area contributed by atoms with Crippen molar-refractivity contribution in [3.05, 3.63) is 83.2 Å². The van der Waals surface area contributed by atoms with E-state index in [1.54, 1.807) is 23.1 Å². The maximum atomic E-state index is 13.7. The minimum Gasteiger partial charge on any atom is -0.488 e. The number of anilines is 1. The first-order valence-corrected chi connectivity index (χ1v) is 14.9. The molecular weight excluding hydrogens is 533 g/mol. The highest BCUT2D eigenvalue weighted by atomic mass is 19.1. The Bertz CT molecular complexity index is 1430. The van der Waals surface area contributed by atoms with E-state index in [2.05, 4.69) is 21.6 Å². The zero-order valence-electron chi connectivity index (χ0n) is 24.1. The van der Waals surface area contributed by atoms with Crippen LogP contribution in [0.5, 0.6) is 5.75 Å². The maximum Gasteiger partial charge on any atom is 0.254 e. The van der Waals surface area contributed by atoms with Gasteiger partial charge in [0.1, 0.15) is 17.7 Å². The van der Waals surface area contributed by atoms with Crippen molar-refractivity contribution in [1.82, 2.24) is 20.4 Å². The lowest BCUT2D eigenvalue weighted by Crippen LogP contribution is -2.50. The van der Waals surface area contributed by atoms with Gasteiger partial charge in [-0.2, -0.15) is 0 Å². The van der Waals surface area contributed by atoms with Crippen molar-refractivity contribution < 1.29 is 18.7 Å². The van der Waals surface area contributed by atoms with E-state index in [0.29, 0.717) is 43.1 Å². The maximum absolute atomic E-state index is 13.7. The van der Waals surface area contributed by atoms with Crippen molar-refractivity contribution in [1.29, 1.82) is 0 Å². The molecule has 2 amide bonds. The van der Waals surface area contributed by atoms with Crippen molar-refractivity contribution in [3.8, 4) is 16.9 Å². The number of ether oxygens (including phenoxy) is 1. The normalized spacial score (nSPS) is 19.2. The van der Waals surface area contributed by atoms with Crippen LogP contribution in [-0.2, 0) is 0 Å². The van der Waals surface area contributed by atoms with Crippen molar-refractivity contribution in [2.75, 3.05) is 70.3 Å². The summed E-state index contributed by atoms with van der Waals surface area (Å²) in [6, 6.07) is 17.8. The molecule has 0 spiro atoms. The average molecular weight is 572 g/mol. The number of hydrogen-bond acceptors (Lipinski definition) is 6. The molecule has 0 saturated carbocycles. The van der Waals surface area contributed by atoms with Crippen LogP contribution in [0.15, 0.2) is 60.7 Å². The highest BCUT2D eigenvalue weighted by Gasteiger charge is 2.27. The van der Waals surface area contributed by atoms with Crippen LogP contribution in [0.25, 0.3) is 11.1 Å². The van der Waals surface area contributed by atoms with Crippen LogP contribution >= 0.6 is 0 Å². The Labute approximate surface area is 246 Å². The average Bonchev–Trinajstić information content (AvgIpc) is 3.54. The first-order chi connectivity index (χ1) is 20.4. The molecule has 0 aliphatic carbocycles. The van der Waals surface area contributed by atoms with Gasteiger partial charge in [0.25, 0.3) is 11.8 Å². The summed E-state index contributed by atoms with van der Waals surface area (Å²) in [7, 11) is 0. The molecule has 2 N–H and O–H groups in total. The first-order valence-electron chi connectivity index (χ1n) is 14.9. The van der Waals surface area contributed by atoms with Gasteiger partial charge in [0.2, 0.25) is 0 Å². The lowest BCUT2D eigenvalue weighted by molar-refractivity contribution is 0.0535. The van der Waals surface area contributed by atoms with Gasteiger partial charge in [-0.05, 0) is 79.5 Å². The fraction of sp³-hybridized carbons (Fsp3) is 0.394. The summed E-state index contributed by atoms with van der Waals surface area (Å²) in [5.74, 6) is 0.284. The minimum absolute atomic E-state index is 0.00341. The smallest absolute Gasteiger partial charge is 0.254 e. The number of carbonyl (C=O) groups is 2. The molecule has 8 nitrogen and oxygen atoms in total. The van der Waals surface area contributed by atoms with Crippen LogP contribution in [0.3, 0.4) is 0 Å². The molecule has 3 aliphatic heterocycles. The molecule has 1 atom stereocenters. The molecule has 9 heteroatoms. The van der Waals surface area contributed by atoms with Gasteiger partial charge in [0.05, 0.1) is 0 Å². The second kappa shape index (κ2) is 12.5. The molecule has 3 heterocycles. The number of amides is 2. The van der Waals surface area contributed by atoms with Gasteiger partial charge in [-0.1, -0.05) is 12.1 Å². The third-order valence-corrected chi connectivity index (χ3v) is 8.34. The van der Waals surface area contributed by atoms with Gasteiger partial charge < -0.3 is 30.1 Å². The molecule has 0 bridgehead atoms. The van der Waals surface area contributed by atoms with E-state index in [0.717, 1.165) is 68.1 Å². The fourth-order valence-electron chi connectivity index (χ4n) is 6.00. The Morgan fingerprint density at radius 3 is 2.14 bits per heavy atom. The Balaban J connectivity index is 1.15. The number of benzene rings is 3. The third-order valence-electron chi connectivity index (χ3n) is 8.34. The molecule has 0 aromatic heterocycles. The summed E-state index contributed by atoms with van der Waals surface area (Å²) < 4.78 is 19.9. The third kappa shape index (κ3) is 6.27. The van der Waals surface area contributed by atoms with Gasteiger partial charge in [0, 0.05) is 81.3 Å². The highest BCUT2D eigenvalue weighted by Crippen LogP contribution is 2.33. The molecule has 3 aliphatic rings. The topological polar surface area (TPSA) is 77.2 Å². The summed E-state index contributed by atoms with van der Waals surface area (Å²) in [4.78, 5) is 33.1. The van der Waals surface area contributed by atoms with E-state index in [4.69, 9.17) is 4.74 Å². The highest BCUT2D eigenvalue weighted by molar-refractivity contribution is 5.97. The number of aryl methyl sites for hydroxylation is 1. The van der Waals surface area contributed by atoms with Crippen molar-refractivity contribution in [2.24, 2.45) is 0 Å². The molecular formula is C33H38FN5O3. The van der Waals surface area contributed by atoms with Gasteiger partial charge in [-0.3, -0.25) is 9.59 Å². The van der Waals surface area contributed by atoms with Crippen LogP contribution in [0.1, 0.15) is 32.7 Å². The Morgan fingerprint density at radius 2 is 1.48 bits per heavy atom. The molecule has 42 heavy (non-hydrogen) atoms. The van der Waals surface area contributed by atoms with Gasteiger partial charge in [-0.25, -0.2) is 4.39 Å². The number of nitrogens with one attached hydrogen (secondary N) is 2. The molecule has 0 unspecified atom stereocenters. The van der Waals surface area contributed by atoms with Gasteiger partial charge >= 0.3 is 0 Å². The summed E-state index contributed by atoms with van der Waals surface area (Å²) in [5, 5.41) is 6.68. The monoisotopic (exact) mass is 571 g/mol. The zero-order valence-corrected chi connectivity index (χ0v) is 24.1. The zero-order chi connectivity index (χ0) is 29.1. The van der Waals surface area contributed by atoms with Crippen molar-refractivity contribution in [2.45, 2.75) is 19.4 Å². The number of nitrogens with zero attached hydrogens (tertiary/aromatic N) is 3. The van der Waals surface area contributed by atoms with E-state index >= 15 is 0 Å². The molecule has 3 aromatic carbocycles. The van der Waals surface area contributed by atoms with E-state index < -0.39 is 0 Å². The van der Waals surface area contributed by atoms with Crippen LogP contribution in [0.4, 0.5) is 10.1 Å². The van der Waals surface area contributed by atoms with Crippen molar-refractivity contribution in [3.63, 3.8) is 0 Å². The summed E-state index contributed by atoms with van der Waals surface area (Å²) in [6.45, 7) is 9.29. The summed E-state index contributed by atoms with van der Waals surface area (Å²) >= 11 is 0. The summed E-state index contributed by atoms with van der Waals surface area (Å²) in [6.07, 6.45) is 0.962. The van der Waals surface area contributed by atoms with Crippen LogP contribution in [0, 0.1) is 12.7 Å². The Hall–Kier alpha value is -3.95. The second-order valence-corrected chi connectivity index (χ2v) is 11.3. The fourth-order valence-corrected chi connectivity index (χ4v) is 6.00. The SMILES string of the molecule is Cc1cc(C(=O)N2CCN(C(=O)c3ccc(O[C@H]4CCNC4)c(-c4ccc(F)cc4)c3)CC2)cc(N2CCNCC2)c1. The molecule has 3 saturated heterocycles. The predicted octanol–water partition coefficient (Wildman–Crippen LogP) is 3.55. The van der Waals surface area contributed by atoms with Gasteiger partial charge in [0.15, 0.2) is 0 Å². The van der Waals surface area contributed by atoms with Crippen LogP contribution in [-0.4, -0.2) is 93.2 Å². The van der Waals surface area contributed by atoms with Crippen molar-refractivity contribution >= 4 is 17.5 Å². The second-order valence-electron chi connectivity index (χ2n) is 11.3. The number of piperazine rings is 2. The number of carbonyl (C=O) groups excluding carboxylic acids is 2. The van der Waals surface area contributed by atoms with E-state index in [-0.39, 0.29) is 23.7 Å². The molecule has 220 valence electrons. The molecule has 3 fully saturated rings. The largest absolute Gasteiger partial charge is 0.488 e. The number of halogens is 1. The molecule has 3 aromatic rings. The van der Waals surface area contributed by atoms with E-state index in [9.17, 15) is 14.0 Å². The Morgan fingerprint density at radius 1 is 0.786 bits per heavy atom. The predicted molar refractivity (Wildman–Crippen MR) is 162 cm³/mol. The first kappa shape index (κ1) is 28.2. The molecule has 6 rings (SSSR count). The van der Waals surface area contributed by atoms with Crippen LogP contribution in [0.2, 0.25) is 0 Å². The minimum atomic E-state index is -0.313. The number of hydrogen-bond donors (Lipinski definition) is 2. The van der Waals surface area contributed by atoms with E-state index in [1.807, 2.05) is 36.1 Å². The number of rotatable bonds is 6. The Kier molecular flexibility index (Phi) is 8.39. The standard InChI is InChI=1S/C33H38FN5O3/c1-23-18-26(20-28(19-23)37-12-10-35-11-13-37)33(41)39-16-14-38(15-17-39)32(40)25-4-7-31(42-29-8-9-36-22-29)30(21-25)24-2-5-27(34)6-3-24/h2-7,18-21,29,35-36H,8-17,22H2,1H3/t29-/m0/s1. The van der Waals surface area contributed by atoms with Crippen LogP contribution < -0.4 is 20.3 Å². The molecule has 0 radical (unpaired) electrons. The lowest BCUT2D eigenvalue weighted by atomic mass is 10.0. The lowest BCUT2D eigenvalue weighted by Gasteiger charge is -2.35. The van der Waals surface area contributed by atoms with E-state index in [1.165, 1.54) is 12.1 Å².